The van der Waals surface area contributed by atoms with Gasteiger partial charge in [0, 0.05) is 12.4 Å². The third kappa shape index (κ3) is 3.30. The van der Waals surface area contributed by atoms with Crippen LogP contribution in [0, 0.1) is 11.8 Å². The number of hydrogen-bond acceptors (Lipinski definition) is 3. The summed E-state index contributed by atoms with van der Waals surface area (Å²) in [6.45, 7) is 2.44. The van der Waals surface area contributed by atoms with E-state index >= 15 is 0 Å². The van der Waals surface area contributed by atoms with Crippen molar-refractivity contribution in [2.75, 3.05) is 12.5 Å². The van der Waals surface area contributed by atoms with Crippen LogP contribution in [0.1, 0.15) is 12.5 Å². The van der Waals surface area contributed by atoms with Crippen LogP contribution in [-0.2, 0) is 0 Å². The smallest absolute Gasteiger partial charge is 0.316 e. The Morgan fingerprint density at radius 1 is 1.46 bits per heavy atom. The van der Waals surface area contributed by atoms with Crippen molar-refractivity contribution in [1.29, 1.82) is 0 Å². The minimum atomic E-state index is 0.313. The second-order valence-electron chi connectivity index (χ2n) is 2.12. The van der Waals surface area contributed by atoms with Gasteiger partial charge in [-0.05, 0) is 6.92 Å². The molecule has 0 saturated heterocycles. The number of alkyl halides is 1. The lowest BCUT2D eigenvalue weighted by molar-refractivity contribution is 0.312. The first kappa shape index (κ1) is 9.82. The van der Waals surface area contributed by atoms with Crippen molar-refractivity contribution in [2.45, 2.75) is 6.92 Å². The molecule has 4 heteroatoms. The molecule has 0 amide bonds. The normalized spacial score (nSPS) is 8.77. The molecule has 0 aliphatic rings. The van der Waals surface area contributed by atoms with E-state index in [9.17, 15) is 0 Å². The predicted molar refractivity (Wildman–Crippen MR) is 50.8 cm³/mol. The fraction of sp³-hybridized carbons (Fsp3) is 0.333. The topological polar surface area (TPSA) is 35.0 Å². The zero-order valence-corrected chi connectivity index (χ0v) is 8.01. The Labute approximate surface area is 82.1 Å². The van der Waals surface area contributed by atoms with Gasteiger partial charge in [-0.1, -0.05) is 11.8 Å². The molecule has 0 spiro atoms. The van der Waals surface area contributed by atoms with Gasteiger partial charge in [-0.2, -0.15) is 0 Å². The summed E-state index contributed by atoms with van der Waals surface area (Å²) in [6, 6.07) is 0.374. The Balaban J connectivity index is 2.69. The molecular formula is C9H9ClN2O. The summed E-state index contributed by atoms with van der Waals surface area (Å²) in [7, 11) is 0. The van der Waals surface area contributed by atoms with Gasteiger partial charge in [-0.25, -0.2) is 9.97 Å². The lowest BCUT2D eigenvalue weighted by Gasteiger charge is -1.98. The van der Waals surface area contributed by atoms with Crippen LogP contribution in [0.4, 0.5) is 0 Å². The van der Waals surface area contributed by atoms with Crippen molar-refractivity contribution >= 4 is 11.6 Å². The summed E-state index contributed by atoms with van der Waals surface area (Å²) in [5, 5.41) is 0. The lowest BCUT2D eigenvalue weighted by Crippen LogP contribution is -1.96. The van der Waals surface area contributed by atoms with E-state index in [2.05, 4.69) is 21.8 Å². The van der Waals surface area contributed by atoms with Gasteiger partial charge < -0.3 is 4.74 Å². The SMILES string of the molecule is CCOc1ncc(C#CCCl)cn1. The van der Waals surface area contributed by atoms with E-state index in [1.54, 1.807) is 12.4 Å². The maximum absolute atomic E-state index is 5.39. The van der Waals surface area contributed by atoms with Crippen LogP contribution in [0.5, 0.6) is 6.01 Å². The Hall–Kier alpha value is -1.27. The van der Waals surface area contributed by atoms with Crippen molar-refractivity contribution in [3.8, 4) is 17.9 Å². The number of rotatable bonds is 2. The van der Waals surface area contributed by atoms with Crippen molar-refractivity contribution in [3.05, 3.63) is 18.0 Å². The zero-order valence-electron chi connectivity index (χ0n) is 7.25. The highest BCUT2D eigenvalue weighted by Gasteiger charge is 1.93. The number of halogens is 1. The molecule has 3 nitrogen and oxygen atoms in total. The molecule has 1 aromatic rings. The molecule has 68 valence electrons. The predicted octanol–water partition coefficient (Wildman–Crippen LogP) is 1.47. The van der Waals surface area contributed by atoms with Gasteiger partial charge in [0.1, 0.15) is 0 Å². The van der Waals surface area contributed by atoms with Crippen molar-refractivity contribution in [3.63, 3.8) is 0 Å². The van der Waals surface area contributed by atoms with Gasteiger partial charge in [0.2, 0.25) is 0 Å². The Bertz CT molecular complexity index is 313. The molecule has 0 saturated carbocycles. The van der Waals surface area contributed by atoms with Crippen LogP contribution < -0.4 is 4.74 Å². The number of ether oxygens (including phenoxy) is 1. The van der Waals surface area contributed by atoms with Crippen LogP contribution in [0.2, 0.25) is 0 Å². The second-order valence-corrected chi connectivity index (χ2v) is 2.39. The van der Waals surface area contributed by atoms with Crippen molar-refractivity contribution < 1.29 is 4.74 Å². The van der Waals surface area contributed by atoms with Gasteiger partial charge in [0.25, 0.3) is 0 Å². The lowest BCUT2D eigenvalue weighted by atomic mass is 10.3. The van der Waals surface area contributed by atoms with Gasteiger partial charge in [0.15, 0.2) is 0 Å². The molecule has 0 aliphatic carbocycles. The van der Waals surface area contributed by atoms with Crippen LogP contribution >= 0.6 is 11.6 Å². The summed E-state index contributed by atoms with van der Waals surface area (Å²) in [4.78, 5) is 7.88. The first-order valence-corrected chi connectivity index (χ1v) is 4.40. The summed E-state index contributed by atoms with van der Waals surface area (Å²) in [5.41, 5.74) is 0.740. The van der Waals surface area contributed by atoms with E-state index in [0.29, 0.717) is 18.5 Å². The van der Waals surface area contributed by atoms with Crippen LogP contribution in [0.3, 0.4) is 0 Å². The molecule has 0 atom stereocenters. The van der Waals surface area contributed by atoms with Crippen LogP contribution in [-0.4, -0.2) is 22.5 Å². The molecule has 1 aromatic heterocycles. The molecule has 0 radical (unpaired) electrons. The van der Waals surface area contributed by atoms with E-state index in [1.165, 1.54) is 0 Å². The number of hydrogen-bond donors (Lipinski definition) is 0. The molecule has 0 aliphatic heterocycles. The first-order chi connectivity index (χ1) is 6.36. The maximum Gasteiger partial charge on any atom is 0.316 e. The molecule has 0 unspecified atom stereocenters. The maximum atomic E-state index is 5.39. The van der Waals surface area contributed by atoms with Gasteiger partial charge in [0.05, 0.1) is 18.1 Å². The standard InChI is InChI=1S/C9H9ClN2O/c1-2-13-9-11-6-8(7-12-9)4-3-5-10/h6-7H,2,5H2,1H3. The quantitative estimate of drug-likeness (QED) is 0.531. The third-order valence-corrected chi connectivity index (χ3v) is 1.33. The molecule has 1 heterocycles. The van der Waals surface area contributed by atoms with Crippen LogP contribution in [0.25, 0.3) is 0 Å². The third-order valence-electron chi connectivity index (χ3n) is 1.20. The Morgan fingerprint density at radius 2 is 2.15 bits per heavy atom. The van der Waals surface area contributed by atoms with Gasteiger partial charge in [-0.3, -0.25) is 0 Å². The monoisotopic (exact) mass is 196 g/mol. The minimum Gasteiger partial charge on any atom is -0.464 e. The van der Waals surface area contributed by atoms with Gasteiger partial charge >= 0.3 is 6.01 Å². The highest BCUT2D eigenvalue weighted by Crippen LogP contribution is 2.00. The first-order valence-electron chi connectivity index (χ1n) is 3.86. The fourth-order valence-electron chi connectivity index (χ4n) is 0.720. The van der Waals surface area contributed by atoms with Crippen LogP contribution in [0.15, 0.2) is 12.4 Å². The largest absolute Gasteiger partial charge is 0.464 e. The van der Waals surface area contributed by atoms with Crippen molar-refractivity contribution in [1.82, 2.24) is 9.97 Å². The summed E-state index contributed by atoms with van der Waals surface area (Å²) >= 11 is 5.39. The summed E-state index contributed by atoms with van der Waals surface area (Å²) < 4.78 is 5.07. The molecule has 13 heavy (non-hydrogen) atoms. The highest BCUT2D eigenvalue weighted by molar-refractivity contribution is 6.19. The molecule has 0 aromatic carbocycles. The second kappa shape index (κ2) is 5.39. The summed E-state index contributed by atoms with van der Waals surface area (Å²) in [5.74, 6) is 5.82. The number of nitrogens with zero attached hydrogens (tertiary/aromatic N) is 2. The van der Waals surface area contributed by atoms with E-state index in [4.69, 9.17) is 16.3 Å². The van der Waals surface area contributed by atoms with E-state index in [1.807, 2.05) is 6.92 Å². The summed E-state index contributed by atoms with van der Waals surface area (Å²) in [6.07, 6.45) is 3.22. The molecule has 1 rings (SSSR count). The highest BCUT2D eigenvalue weighted by atomic mass is 35.5. The average molecular weight is 197 g/mol. The zero-order chi connectivity index (χ0) is 9.52. The van der Waals surface area contributed by atoms with Gasteiger partial charge in [-0.15, -0.1) is 11.6 Å². The Morgan fingerprint density at radius 3 is 2.69 bits per heavy atom. The number of aromatic nitrogens is 2. The fourth-order valence-corrected chi connectivity index (χ4v) is 0.787. The Kier molecular flexibility index (Phi) is 4.07. The molecule has 0 fully saturated rings. The average Bonchev–Trinajstić information content (AvgIpc) is 2.17. The minimum absolute atomic E-state index is 0.313. The van der Waals surface area contributed by atoms with Crippen molar-refractivity contribution in [2.24, 2.45) is 0 Å². The molecule has 0 bridgehead atoms. The molecule has 0 N–H and O–H groups in total. The van der Waals surface area contributed by atoms with E-state index in [0.717, 1.165) is 5.56 Å². The molecular weight excluding hydrogens is 188 g/mol. The van der Waals surface area contributed by atoms with E-state index in [-0.39, 0.29) is 0 Å². The van der Waals surface area contributed by atoms with E-state index < -0.39 is 0 Å².